The normalized spacial score (nSPS) is 17.4. The average molecular weight is 287 g/mol. The summed E-state index contributed by atoms with van der Waals surface area (Å²) in [5.74, 6) is 0.211. The number of thiophene rings is 1. The second kappa shape index (κ2) is 5.72. The van der Waals surface area contributed by atoms with Crippen LogP contribution in [0.3, 0.4) is 0 Å². The fraction of sp³-hybridized carbons (Fsp3) is 0.692. The first-order valence-electron chi connectivity index (χ1n) is 6.48. The first-order chi connectivity index (χ1) is 8.46. The first-order valence-corrected chi connectivity index (χ1v) is 9.36. The SMILES string of the molecule is CC(NCCS(C)(=O)=O)c1cc2c(s1)CCCC2. The molecule has 0 aromatic carbocycles. The highest BCUT2D eigenvalue weighted by Crippen LogP contribution is 2.32. The highest BCUT2D eigenvalue weighted by atomic mass is 32.2. The lowest BCUT2D eigenvalue weighted by Gasteiger charge is -2.11. The van der Waals surface area contributed by atoms with E-state index in [0.717, 1.165) is 0 Å². The van der Waals surface area contributed by atoms with Crippen molar-refractivity contribution in [2.75, 3.05) is 18.6 Å². The second-order valence-corrected chi connectivity index (χ2v) is 8.54. The lowest BCUT2D eigenvalue weighted by molar-refractivity contribution is 0.579. The predicted molar refractivity (Wildman–Crippen MR) is 77.1 cm³/mol. The van der Waals surface area contributed by atoms with Crippen molar-refractivity contribution in [3.8, 4) is 0 Å². The van der Waals surface area contributed by atoms with Gasteiger partial charge in [-0.2, -0.15) is 0 Å². The molecular weight excluding hydrogens is 266 g/mol. The molecule has 1 N–H and O–H groups in total. The molecule has 1 aromatic heterocycles. The lowest BCUT2D eigenvalue weighted by Crippen LogP contribution is -2.24. The van der Waals surface area contributed by atoms with E-state index in [2.05, 4.69) is 18.3 Å². The highest BCUT2D eigenvalue weighted by molar-refractivity contribution is 7.90. The fourth-order valence-corrected chi connectivity index (χ4v) is 4.06. The third-order valence-corrected chi connectivity index (χ3v) is 5.73. The molecule has 1 aliphatic carbocycles. The number of hydrogen-bond donors (Lipinski definition) is 1. The van der Waals surface area contributed by atoms with Crippen LogP contribution in [0.5, 0.6) is 0 Å². The van der Waals surface area contributed by atoms with Gasteiger partial charge in [-0.3, -0.25) is 0 Å². The zero-order chi connectivity index (χ0) is 13.2. The van der Waals surface area contributed by atoms with Crippen LogP contribution in [-0.2, 0) is 22.7 Å². The smallest absolute Gasteiger partial charge is 0.148 e. The summed E-state index contributed by atoms with van der Waals surface area (Å²) in [4.78, 5) is 2.88. The van der Waals surface area contributed by atoms with E-state index in [1.807, 2.05) is 11.3 Å². The molecule has 0 aliphatic heterocycles. The molecule has 0 spiro atoms. The van der Waals surface area contributed by atoms with Crippen molar-refractivity contribution in [2.24, 2.45) is 0 Å². The molecule has 1 aromatic rings. The minimum Gasteiger partial charge on any atom is -0.308 e. The maximum absolute atomic E-state index is 11.1. The lowest BCUT2D eigenvalue weighted by atomic mass is 9.99. The van der Waals surface area contributed by atoms with Crippen LogP contribution >= 0.6 is 11.3 Å². The van der Waals surface area contributed by atoms with Gasteiger partial charge in [0.2, 0.25) is 0 Å². The van der Waals surface area contributed by atoms with Crippen LogP contribution < -0.4 is 5.32 Å². The Morgan fingerprint density at radius 1 is 1.39 bits per heavy atom. The van der Waals surface area contributed by atoms with E-state index in [1.165, 1.54) is 47.3 Å². The third kappa shape index (κ3) is 3.80. The van der Waals surface area contributed by atoms with Gasteiger partial charge in [0.1, 0.15) is 9.84 Å². The van der Waals surface area contributed by atoms with E-state index in [9.17, 15) is 8.42 Å². The van der Waals surface area contributed by atoms with Gasteiger partial charge in [0.25, 0.3) is 0 Å². The van der Waals surface area contributed by atoms with Crippen LogP contribution in [-0.4, -0.2) is 27.0 Å². The maximum atomic E-state index is 11.1. The Labute approximate surface area is 114 Å². The molecule has 0 bridgehead atoms. The molecule has 0 amide bonds. The predicted octanol–water partition coefficient (Wildman–Crippen LogP) is 2.32. The molecule has 0 saturated heterocycles. The van der Waals surface area contributed by atoms with Crippen molar-refractivity contribution in [2.45, 2.75) is 38.6 Å². The Kier molecular flexibility index (Phi) is 4.45. The first kappa shape index (κ1) is 14.0. The summed E-state index contributed by atoms with van der Waals surface area (Å²) in [6.07, 6.45) is 6.32. The van der Waals surface area contributed by atoms with Crippen molar-refractivity contribution in [1.29, 1.82) is 0 Å². The van der Waals surface area contributed by atoms with Crippen molar-refractivity contribution in [1.82, 2.24) is 5.32 Å². The van der Waals surface area contributed by atoms with Gasteiger partial charge in [0, 0.05) is 28.6 Å². The van der Waals surface area contributed by atoms with Gasteiger partial charge in [-0.15, -0.1) is 11.3 Å². The number of sulfone groups is 1. The van der Waals surface area contributed by atoms with Gasteiger partial charge in [-0.05, 0) is 44.2 Å². The number of fused-ring (bicyclic) bond motifs is 1. The van der Waals surface area contributed by atoms with E-state index >= 15 is 0 Å². The standard InChI is InChI=1S/C13H21NO2S2/c1-10(14-7-8-18(2,15)16)13-9-11-5-3-4-6-12(11)17-13/h9-10,14H,3-8H2,1-2H3. The molecule has 0 radical (unpaired) electrons. The summed E-state index contributed by atoms with van der Waals surface area (Å²) < 4.78 is 22.1. The maximum Gasteiger partial charge on any atom is 0.148 e. The zero-order valence-electron chi connectivity index (χ0n) is 11.0. The topological polar surface area (TPSA) is 46.2 Å². The summed E-state index contributed by atoms with van der Waals surface area (Å²) in [6.45, 7) is 2.64. The molecule has 1 atom stereocenters. The van der Waals surface area contributed by atoms with Gasteiger partial charge < -0.3 is 5.32 Å². The van der Waals surface area contributed by atoms with E-state index in [-0.39, 0.29) is 11.8 Å². The number of aryl methyl sites for hydroxylation is 2. The van der Waals surface area contributed by atoms with Gasteiger partial charge in [-0.25, -0.2) is 8.42 Å². The van der Waals surface area contributed by atoms with E-state index in [0.29, 0.717) is 6.54 Å². The summed E-state index contributed by atoms with van der Waals surface area (Å²) >= 11 is 1.89. The van der Waals surface area contributed by atoms with E-state index < -0.39 is 9.84 Å². The van der Waals surface area contributed by atoms with Crippen molar-refractivity contribution >= 4 is 21.2 Å². The van der Waals surface area contributed by atoms with Gasteiger partial charge in [0.15, 0.2) is 0 Å². The molecule has 18 heavy (non-hydrogen) atoms. The molecule has 5 heteroatoms. The highest BCUT2D eigenvalue weighted by Gasteiger charge is 2.16. The van der Waals surface area contributed by atoms with Crippen molar-refractivity contribution in [3.63, 3.8) is 0 Å². The van der Waals surface area contributed by atoms with Gasteiger partial charge in [0.05, 0.1) is 5.75 Å². The van der Waals surface area contributed by atoms with Crippen LogP contribution in [0.2, 0.25) is 0 Å². The Morgan fingerprint density at radius 3 is 2.78 bits per heavy atom. The Bertz CT molecular complexity index is 482. The average Bonchev–Trinajstić information content (AvgIpc) is 2.70. The van der Waals surface area contributed by atoms with Crippen molar-refractivity contribution < 1.29 is 8.42 Å². The van der Waals surface area contributed by atoms with Crippen LogP contribution in [0.4, 0.5) is 0 Å². The van der Waals surface area contributed by atoms with Crippen LogP contribution in [0.25, 0.3) is 0 Å². The molecule has 0 saturated carbocycles. The van der Waals surface area contributed by atoms with Gasteiger partial charge >= 0.3 is 0 Å². The Hall–Kier alpha value is -0.390. The molecule has 2 rings (SSSR count). The van der Waals surface area contributed by atoms with Gasteiger partial charge in [-0.1, -0.05) is 0 Å². The molecule has 3 nitrogen and oxygen atoms in total. The summed E-state index contributed by atoms with van der Waals surface area (Å²) in [6, 6.07) is 2.56. The minimum atomic E-state index is -2.86. The minimum absolute atomic E-state index is 0.211. The zero-order valence-corrected chi connectivity index (χ0v) is 12.7. The summed E-state index contributed by atoms with van der Waals surface area (Å²) in [7, 11) is -2.86. The largest absolute Gasteiger partial charge is 0.308 e. The Balaban J connectivity index is 1.92. The number of nitrogens with one attached hydrogen (secondary N) is 1. The van der Waals surface area contributed by atoms with Crippen LogP contribution in [0, 0.1) is 0 Å². The van der Waals surface area contributed by atoms with Crippen LogP contribution in [0.15, 0.2) is 6.07 Å². The molecule has 0 fully saturated rings. The third-order valence-electron chi connectivity index (χ3n) is 3.37. The quantitative estimate of drug-likeness (QED) is 0.904. The fourth-order valence-electron chi connectivity index (χ4n) is 2.29. The van der Waals surface area contributed by atoms with Crippen LogP contribution in [0.1, 0.15) is 41.1 Å². The summed E-state index contributed by atoms with van der Waals surface area (Å²) in [5.41, 5.74) is 1.51. The number of rotatable bonds is 5. The molecular formula is C13H21NO2S2. The number of hydrogen-bond acceptors (Lipinski definition) is 4. The van der Waals surface area contributed by atoms with E-state index in [4.69, 9.17) is 0 Å². The molecule has 1 heterocycles. The molecule has 1 aliphatic rings. The Morgan fingerprint density at radius 2 is 2.11 bits per heavy atom. The summed E-state index contributed by atoms with van der Waals surface area (Å²) in [5, 5.41) is 3.30. The monoisotopic (exact) mass is 287 g/mol. The van der Waals surface area contributed by atoms with E-state index in [1.54, 1.807) is 0 Å². The second-order valence-electron chi connectivity index (χ2n) is 5.11. The molecule has 102 valence electrons. The molecule has 1 unspecified atom stereocenters. The van der Waals surface area contributed by atoms with Crippen molar-refractivity contribution in [3.05, 3.63) is 21.4 Å².